The summed E-state index contributed by atoms with van der Waals surface area (Å²) in [5.41, 5.74) is 0. The fraction of sp³-hybridized carbons (Fsp3) is 0.667. The second-order valence-electron chi connectivity index (χ2n) is 0.796. The zero-order valence-corrected chi connectivity index (χ0v) is 4.51. The van der Waals surface area contributed by atoms with Crippen LogP contribution in [0.3, 0.4) is 0 Å². The van der Waals surface area contributed by atoms with Crippen LogP contribution in [0.1, 0.15) is 0 Å². The molecule has 0 aromatic rings. The largest absolute Gasteiger partial charge is 0.249 e. The van der Waals surface area contributed by atoms with Gasteiger partial charge in [-0.05, 0) is 0 Å². The van der Waals surface area contributed by atoms with Crippen molar-refractivity contribution in [2.45, 2.75) is 5.38 Å². The third-order valence-electron chi connectivity index (χ3n) is 0.284. The van der Waals surface area contributed by atoms with Gasteiger partial charge in [-0.1, -0.05) is 0 Å². The molecule has 0 bridgehead atoms. The molecule has 0 aliphatic rings. The van der Waals surface area contributed by atoms with Crippen molar-refractivity contribution in [3.8, 4) is 0 Å². The molecule has 0 amide bonds. The summed E-state index contributed by atoms with van der Waals surface area (Å²) in [6.45, 7) is -0.592. The van der Waals surface area contributed by atoms with Crippen molar-refractivity contribution in [3.63, 3.8) is 0 Å². The summed E-state index contributed by atoms with van der Waals surface area (Å²) in [6, 6.07) is 0. The Bertz CT molecular complexity index is 28.0. The summed E-state index contributed by atoms with van der Waals surface area (Å²) in [6.07, 6.45) is 0. The van der Waals surface area contributed by atoms with Gasteiger partial charge in [0.05, 0.1) is 11.3 Å². The smallest absolute Gasteiger partial charge is 0.107 e. The highest BCUT2D eigenvalue weighted by atomic mass is 35.5. The van der Waals surface area contributed by atoms with Crippen molar-refractivity contribution in [1.29, 1.82) is 0 Å². The average Bonchev–Trinajstić information content (AvgIpc) is 1.65. The summed E-state index contributed by atoms with van der Waals surface area (Å²) in [4.78, 5) is 0. The first-order valence-electron chi connectivity index (χ1n) is 1.45. The van der Waals surface area contributed by atoms with E-state index >= 15 is 0 Å². The Kier molecular flexibility index (Phi) is 4.01. The molecule has 3 heteroatoms. The Morgan fingerprint density at radius 2 is 2.33 bits per heavy atom. The van der Waals surface area contributed by atoms with Gasteiger partial charge < -0.3 is 0 Å². The van der Waals surface area contributed by atoms with Crippen molar-refractivity contribution in [1.82, 2.24) is 0 Å². The van der Waals surface area contributed by atoms with Gasteiger partial charge in [-0.25, -0.2) is 4.39 Å². The molecule has 0 aromatic carbocycles. The molecular weight excluding hydrogens is 126 g/mol. The highest BCUT2D eigenvalue weighted by Crippen LogP contribution is 2.02. The van der Waals surface area contributed by atoms with E-state index in [9.17, 15) is 4.39 Å². The zero-order valence-electron chi connectivity index (χ0n) is 3.00. The average molecular weight is 130 g/mol. The van der Waals surface area contributed by atoms with Crippen molar-refractivity contribution >= 4 is 23.2 Å². The van der Waals surface area contributed by atoms with Gasteiger partial charge in [0.1, 0.15) is 6.67 Å². The van der Waals surface area contributed by atoms with E-state index < -0.39 is 12.1 Å². The number of rotatable bonds is 2. The highest BCUT2D eigenvalue weighted by Gasteiger charge is 1.97. The molecule has 1 unspecified atom stereocenters. The molecule has 0 saturated carbocycles. The van der Waals surface area contributed by atoms with Crippen LogP contribution in [0.4, 0.5) is 4.39 Å². The first-order valence-corrected chi connectivity index (χ1v) is 2.32. The number of hydrogen-bond acceptors (Lipinski definition) is 0. The Morgan fingerprint density at radius 3 is 2.33 bits per heavy atom. The fourth-order valence-corrected chi connectivity index (χ4v) is 0.101. The van der Waals surface area contributed by atoms with Gasteiger partial charge in [0.2, 0.25) is 0 Å². The quantitative estimate of drug-likeness (QED) is 0.501. The van der Waals surface area contributed by atoms with Gasteiger partial charge in [0.25, 0.3) is 0 Å². The van der Waals surface area contributed by atoms with Gasteiger partial charge in [-0.15, -0.1) is 23.2 Å². The van der Waals surface area contributed by atoms with Crippen molar-refractivity contribution in [3.05, 3.63) is 5.88 Å². The van der Waals surface area contributed by atoms with E-state index in [-0.39, 0.29) is 0 Å². The lowest BCUT2D eigenvalue weighted by molar-refractivity contribution is 0.501. The van der Waals surface area contributed by atoms with E-state index in [0.717, 1.165) is 5.88 Å². The van der Waals surface area contributed by atoms with E-state index in [1.165, 1.54) is 0 Å². The lowest BCUT2D eigenvalue weighted by atomic mass is 10.5. The van der Waals surface area contributed by atoms with Crippen molar-refractivity contribution < 1.29 is 4.39 Å². The van der Waals surface area contributed by atoms with E-state index in [1.54, 1.807) is 0 Å². The summed E-state index contributed by atoms with van der Waals surface area (Å²) in [5.74, 6) is 1.08. The highest BCUT2D eigenvalue weighted by molar-refractivity contribution is 6.32. The molecule has 0 saturated heterocycles. The first-order chi connectivity index (χ1) is 2.81. The molecule has 1 radical (unpaired) electrons. The summed E-state index contributed by atoms with van der Waals surface area (Å²) in [5, 5.41) is -0.619. The molecule has 0 rings (SSSR count). The van der Waals surface area contributed by atoms with Gasteiger partial charge in [-0.3, -0.25) is 0 Å². The second-order valence-corrected chi connectivity index (χ2v) is 1.61. The molecule has 0 spiro atoms. The summed E-state index contributed by atoms with van der Waals surface area (Å²) >= 11 is 10.0. The van der Waals surface area contributed by atoms with Crippen LogP contribution >= 0.6 is 23.2 Å². The van der Waals surface area contributed by atoms with Crippen LogP contribution in [0.2, 0.25) is 0 Å². The monoisotopic (exact) mass is 129 g/mol. The topological polar surface area (TPSA) is 0 Å². The van der Waals surface area contributed by atoms with Gasteiger partial charge in [0, 0.05) is 0 Å². The van der Waals surface area contributed by atoms with Crippen LogP contribution in [0.5, 0.6) is 0 Å². The van der Waals surface area contributed by atoms with Crippen LogP contribution in [-0.4, -0.2) is 12.1 Å². The predicted molar refractivity (Wildman–Crippen MR) is 25.8 cm³/mol. The van der Waals surface area contributed by atoms with Crippen LogP contribution in [-0.2, 0) is 0 Å². The van der Waals surface area contributed by atoms with Crippen molar-refractivity contribution in [2.75, 3.05) is 6.67 Å². The minimum Gasteiger partial charge on any atom is -0.249 e. The van der Waals surface area contributed by atoms with Crippen LogP contribution in [0.25, 0.3) is 0 Å². The summed E-state index contributed by atoms with van der Waals surface area (Å²) in [7, 11) is 0. The predicted octanol–water partition coefficient (Wildman–Crippen LogP) is 1.96. The van der Waals surface area contributed by atoms with E-state index in [2.05, 4.69) is 0 Å². The molecule has 0 N–H and O–H groups in total. The molecule has 0 aliphatic carbocycles. The SMILES string of the molecule is FCC(Cl)[CH]Cl. The maximum atomic E-state index is 11.1. The van der Waals surface area contributed by atoms with Gasteiger partial charge in [0.15, 0.2) is 0 Å². The lowest BCUT2D eigenvalue weighted by Gasteiger charge is -1.90. The first kappa shape index (κ1) is 6.51. The molecular formula is C3H4Cl2F. The van der Waals surface area contributed by atoms with Crippen LogP contribution in [0.15, 0.2) is 0 Å². The minimum absolute atomic E-state index is 0.592. The Balaban J connectivity index is 2.75. The number of alkyl halides is 2. The van der Waals surface area contributed by atoms with Gasteiger partial charge in [-0.2, -0.15) is 0 Å². The summed E-state index contributed by atoms with van der Waals surface area (Å²) < 4.78 is 11.1. The van der Waals surface area contributed by atoms with E-state index in [0.29, 0.717) is 0 Å². The molecule has 6 heavy (non-hydrogen) atoms. The number of halogens is 3. The fourth-order valence-electron chi connectivity index (χ4n) is 0.0337. The van der Waals surface area contributed by atoms with Gasteiger partial charge >= 0.3 is 0 Å². The Labute approximate surface area is 46.2 Å². The minimum atomic E-state index is -0.619. The molecule has 0 aliphatic heterocycles. The molecule has 1 atom stereocenters. The van der Waals surface area contributed by atoms with E-state index in [4.69, 9.17) is 23.2 Å². The molecule has 0 fully saturated rings. The zero-order chi connectivity index (χ0) is 4.99. The maximum Gasteiger partial charge on any atom is 0.107 e. The molecule has 0 aromatic heterocycles. The normalized spacial score (nSPS) is 14.5. The second kappa shape index (κ2) is 3.69. The standard InChI is InChI=1S/C3H4Cl2F/c4-1-3(5)2-6/h1,3H,2H2. The lowest BCUT2D eigenvalue weighted by Crippen LogP contribution is -1.95. The Morgan fingerprint density at radius 1 is 1.83 bits per heavy atom. The molecule has 37 valence electrons. The number of hydrogen-bond donors (Lipinski definition) is 0. The Hall–Kier alpha value is 0.510. The maximum absolute atomic E-state index is 11.1. The molecule has 0 heterocycles. The molecule has 0 nitrogen and oxygen atoms in total. The van der Waals surface area contributed by atoms with E-state index in [1.807, 2.05) is 0 Å². The van der Waals surface area contributed by atoms with Crippen LogP contribution in [0, 0.1) is 5.88 Å². The third-order valence-corrected chi connectivity index (χ3v) is 0.960. The van der Waals surface area contributed by atoms with Crippen molar-refractivity contribution in [2.24, 2.45) is 0 Å². The van der Waals surface area contributed by atoms with Crippen LogP contribution < -0.4 is 0 Å². The third kappa shape index (κ3) is 2.73.